The first kappa shape index (κ1) is 15.4. The number of halogens is 1. The fourth-order valence-electron chi connectivity index (χ4n) is 1.99. The Balaban J connectivity index is 2.10. The lowest BCUT2D eigenvalue weighted by atomic mass is 10.1. The lowest BCUT2D eigenvalue weighted by molar-refractivity contribution is 0.0940. The molecule has 0 aromatic heterocycles. The first-order valence-electron chi connectivity index (χ1n) is 6.51. The van der Waals surface area contributed by atoms with E-state index in [4.69, 9.17) is 10.5 Å². The molecule has 0 saturated heterocycles. The zero-order valence-electron chi connectivity index (χ0n) is 11.9. The molecule has 1 unspecified atom stereocenters. The van der Waals surface area contributed by atoms with Crippen molar-refractivity contribution in [3.05, 3.63) is 58.1 Å². The second-order valence-corrected chi connectivity index (χ2v) is 5.62. The molecule has 0 aliphatic heterocycles. The van der Waals surface area contributed by atoms with E-state index >= 15 is 0 Å². The van der Waals surface area contributed by atoms with Crippen LogP contribution in [0.2, 0.25) is 0 Å². The number of methoxy groups -OCH3 is 1. The number of carbonyl (C=O) groups excluding carboxylic acids is 1. The number of nitrogen functional groups attached to an aromatic ring is 1. The average molecular weight is 349 g/mol. The second-order valence-electron chi connectivity index (χ2n) is 4.70. The molecular formula is C16H17BrN2O2. The Kier molecular flexibility index (Phi) is 4.85. The van der Waals surface area contributed by atoms with E-state index < -0.39 is 0 Å². The summed E-state index contributed by atoms with van der Waals surface area (Å²) in [7, 11) is 1.54. The maximum absolute atomic E-state index is 12.2. The average Bonchev–Trinajstić information content (AvgIpc) is 2.47. The van der Waals surface area contributed by atoms with E-state index in [1.807, 2.05) is 31.2 Å². The molecular weight excluding hydrogens is 332 g/mol. The number of rotatable bonds is 4. The lowest BCUT2D eigenvalue weighted by Crippen LogP contribution is -2.26. The fraction of sp³-hybridized carbons (Fsp3) is 0.188. The molecule has 110 valence electrons. The largest absolute Gasteiger partial charge is 0.495 e. The van der Waals surface area contributed by atoms with Gasteiger partial charge in [0.2, 0.25) is 0 Å². The Bertz CT molecular complexity index is 641. The molecule has 1 atom stereocenters. The fourth-order valence-corrected chi connectivity index (χ4v) is 2.25. The Labute approximate surface area is 132 Å². The molecule has 2 aromatic carbocycles. The number of amides is 1. The summed E-state index contributed by atoms with van der Waals surface area (Å²) in [4.78, 5) is 12.2. The topological polar surface area (TPSA) is 64.3 Å². The highest BCUT2D eigenvalue weighted by atomic mass is 79.9. The third-order valence-corrected chi connectivity index (χ3v) is 3.74. The number of ether oxygens (including phenoxy) is 1. The van der Waals surface area contributed by atoms with Crippen LogP contribution in [0.15, 0.2) is 46.9 Å². The molecule has 4 nitrogen and oxygen atoms in total. The Hall–Kier alpha value is -2.01. The molecule has 0 radical (unpaired) electrons. The van der Waals surface area contributed by atoms with Crippen LogP contribution < -0.4 is 15.8 Å². The van der Waals surface area contributed by atoms with Crippen molar-refractivity contribution in [3.8, 4) is 5.75 Å². The van der Waals surface area contributed by atoms with E-state index in [1.165, 1.54) is 0 Å². The van der Waals surface area contributed by atoms with E-state index in [-0.39, 0.29) is 11.9 Å². The summed E-state index contributed by atoms with van der Waals surface area (Å²) >= 11 is 3.39. The molecule has 2 rings (SSSR count). The molecule has 1 amide bonds. The van der Waals surface area contributed by atoms with E-state index in [0.717, 1.165) is 10.0 Å². The lowest BCUT2D eigenvalue weighted by Gasteiger charge is -2.15. The molecule has 0 fully saturated rings. The van der Waals surface area contributed by atoms with E-state index in [9.17, 15) is 4.79 Å². The standard InChI is InChI=1S/C16H17BrN2O2/c1-10(11-3-6-13(17)7-4-11)19-16(20)12-5-8-15(21-2)14(18)9-12/h3-10H,18H2,1-2H3,(H,19,20). The maximum Gasteiger partial charge on any atom is 0.251 e. The Morgan fingerprint density at radius 3 is 2.48 bits per heavy atom. The van der Waals surface area contributed by atoms with Crippen LogP contribution in [-0.4, -0.2) is 13.0 Å². The monoisotopic (exact) mass is 348 g/mol. The third-order valence-electron chi connectivity index (χ3n) is 3.21. The predicted molar refractivity (Wildman–Crippen MR) is 87.4 cm³/mol. The minimum absolute atomic E-state index is 0.0890. The van der Waals surface area contributed by atoms with Gasteiger partial charge in [0, 0.05) is 10.0 Å². The van der Waals surface area contributed by atoms with E-state index in [2.05, 4.69) is 21.2 Å². The van der Waals surface area contributed by atoms with Crippen LogP contribution in [-0.2, 0) is 0 Å². The Morgan fingerprint density at radius 2 is 1.90 bits per heavy atom. The van der Waals surface area contributed by atoms with Crippen LogP contribution in [0, 0.1) is 0 Å². The van der Waals surface area contributed by atoms with Gasteiger partial charge in [-0.05, 0) is 42.8 Å². The van der Waals surface area contributed by atoms with Gasteiger partial charge in [0.05, 0.1) is 18.8 Å². The summed E-state index contributed by atoms with van der Waals surface area (Å²) in [5, 5.41) is 2.95. The molecule has 0 aliphatic rings. The molecule has 3 N–H and O–H groups in total. The summed E-state index contributed by atoms with van der Waals surface area (Å²) in [6.07, 6.45) is 0. The minimum Gasteiger partial charge on any atom is -0.495 e. The minimum atomic E-state index is -0.167. The van der Waals surface area contributed by atoms with Crippen molar-refractivity contribution < 1.29 is 9.53 Å². The number of hydrogen-bond donors (Lipinski definition) is 2. The molecule has 2 aromatic rings. The van der Waals surface area contributed by atoms with Gasteiger partial charge in [0.15, 0.2) is 0 Å². The molecule has 0 bridgehead atoms. The number of nitrogens with two attached hydrogens (primary N) is 1. The molecule has 21 heavy (non-hydrogen) atoms. The van der Waals surface area contributed by atoms with Gasteiger partial charge in [-0.25, -0.2) is 0 Å². The van der Waals surface area contributed by atoms with Gasteiger partial charge >= 0.3 is 0 Å². The smallest absolute Gasteiger partial charge is 0.251 e. The predicted octanol–water partition coefficient (Wildman–Crippen LogP) is 3.53. The number of benzene rings is 2. The van der Waals surface area contributed by atoms with E-state index in [0.29, 0.717) is 17.0 Å². The van der Waals surface area contributed by atoms with Crippen molar-refractivity contribution in [2.24, 2.45) is 0 Å². The summed E-state index contributed by atoms with van der Waals surface area (Å²) in [5.41, 5.74) is 7.81. The highest BCUT2D eigenvalue weighted by Crippen LogP contribution is 2.22. The molecule has 0 aliphatic carbocycles. The summed E-state index contributed by atoms with van der Waals surface area (Å²) < 4.78 is 6.09. The highest BCUT2D eigenvalue weighted by Gasteiger charge is 2.12. The van der Waals surface area contributed by atoms with Gasteiger partial charge in [0.25, 0.3) is 5.91 Å². The molecule has 0 spiro atoms. The van der Waals surface area contributed by atoms with Crippen molar-refractivity contribution in [3.63, 3.8) is 0 Å². The van der Waals surface area contributed by atoms with Crippen LogP contribution in [0.1, 0.15) is 28.9 Å². The van der Waals surface area contributed by atoms with Gasteiger partial charge in [-0.15, -0.1) is 0 Å². The maximum atomic E-state index is 12.2. The van der Waals surface area contributed by atoms with Crippen molar-refractivity contribution in [1.82, 2.24) is 5.32 Å². The van der Waals surface area contributed by atoms with Crippen molar-refractivity contribution in [2.45, 2.75) is 13.0 Å². The quantitative estimate of drug-likeness (QED) is 0.830. The number of hydrogen-bond acceptors (Lipinski definition) is 3. The summed E-state index contributed by atoms with van der Waals surface area (Å²) in [6.45, 7) is 1.94. The zero-order valence-corrected chi connectivity index (χ0v) is 13.5. The van der Waals surface area contributed by atoms with Crippen molar-refractivity contribution in [2.75, 3.05) is 12.8 Å². The molecule has 5 heteroatoms. The van der Waals surface area contributed by atoms with Crippen LogP contribution in [0.25, 0.3) is 0 Å². The van der Waals surface area contributed by atoms with Gasteiger partial charge < -0.3 is 15.8 Å². The van der Waals surface area contributed by atoms with Crippen LogP contribution in [0.3, 0.4) is 0 Å². The molecule has 0 saturated carbocycles. The van der Waals surface area contributed by atoms with Gasteiger partial charge in [-0.1, -0.05) is 28.1 Å². The van der Waals surface area contributed by atoms with Crippen LogP contribution in [0.4, 0.5) is 5.69 Å². The normalized spacial score (nSPS) is 11.8. The van der Waals surface area contributed by atoms with Crippen LogP contribution in [0.5, 0.6) is 5.75 Å². The first-order valence-corrected chi connectivity index (χ1v) is 7.30. The SMILES string of the molecule is COc1ccc(C(=O)NC(C)c2ccc(Br)cc2)cc1N. The third kappa shape index (κ3) is 3.76. The Morgan fingerprint density at radius 1 is 1.24 bits per heavy atom. The van der Waals surface area contributed by atoms with Crippen molar-refractivity contribution >= 4 is 27.5 Å². The first-order chi connectivity index (χ1) is 10.0. The summed E-state index contributed by atoms with van der Waals surface area (Å²) in [5.74, 6) is 0.396. The zero-order chi connectivity index (χ0) is 15.4. The van der Waals surface area contributed by atoms with Gasteiger partial charge in [0.1, 0.15) is 5.75 Å². The number of carbonyl (C=O) groups is 1. The molecule has 0 heterocycles. The van der Waals surface area contributed by atoms with Gasteiger partial charge in [-0.2, -0.15) is 0 Å². The number of anilines is 1. The number of nitrogens with one attached hydrogen (secondary N) is 1. The summed E-state index contributed by atoms with van der Waals surface area (Å²) in [6, 6.07) is 12.7. The van der Waals surface area contributed by atoms with Crippen LogP contribution >= 0.6 is 15.9 Å². The second kappa shape index (κ2) is 6.63. The van der Waals surface area contributed by atoms with Crippen molar-refractivity contribution in [1.29, 1.82) is 0 Å². The van der Waals surface area contributed by atoms with E-state index in [1.54, 1.807) is 25.3 Å². The highest BCUT2D eigenvalue weighted by molar-refractivity contribution is 9.10. The van der Waals surface area contributed by atoms with Gasteiger partial charge in [-0.3, -0.25) is 4.79 Å².